The van der Waals surface area contributed by atoms with Crippen molar-refractivity contribution >= 4 is 0 Å². The van der Waals surface area contributed by atoms with E-state index < -0.39 is 0 Å². The van der Waals surface area contributed by atoms with Gasteiger partial charge in [0.05, 0.1) is 30.0 Å². The molecule has 1 atom stereocenters. The summed E-state index contributed by atoms with van der Waals surface area (Å²) in [5.41, 5.74) is 7.97. The minimum Gasteiger partial charge on any atom is -0.328 e. The van der Waals surface area contributed by atoms with E-state index in [0.717, 1.165) is 11.3 Å². The maximum absolute atomic E-state index is 5.98. The molecule has 0 radical (unpaired) electrons. The molecule has 1 unspecified atom stereocenters. The van der Waals surface area contributed by atoms with E-state index in [4.69, 9.17) is 5.73 Å². The fourth-order valence-corrected chi connectivity index (χ4v) is 2.08. The second kappa shape index (κ2) is 4.57. The maximum Gasteiger partial charge on any atom is 0.0956 e. The molecule has 5 nitrogen and oxygen atoms in total. The molecule has 2 rings (SSSR count). The van der Waals surface area contributed by atoms with Crippen molar-refractivity contribution in [3.8, 4) is 11.3 Å². The molecule has 0 fully saturated rings. The highest BCUT2D eigenvalue weighted by molar-refractivity contribution is 5.57. The Balaban J connectivity index is 2.51. The van der Waals surface area contributed by atoms with Gasteiger partial charge in [-0.25, -0.2) is 4.98 Å². The van der Waals surface area contributed by atoms with Crippen LogP contribution in [-0.4, -0.2) is 25.9 Å². The summed E-state index contributed by atoms with van der Waals surface area (Å²) in [6.45, 7) is 7.10. The molecular formula is C13H21N5. The molecule has 0 saturated heterocycles. The lowest BCUT2D eigenvalue weighted by Crippen LogP contribution is -2.42. The largest absolute Gasteiger partial charge is 0.328 e. The van der Waals surface area contributed by atoms with Crippen molar-refractivity contribution in [3.63, 3.8) is 0 Å². The first-order valence-electron chi connectivity index (χ1n) is 6.21. The Hall–Kier alpha value is -1.62. The SMILES string of the molecule is CC(C)C(C)(CN)n1cncc1-c1cnn(C)c1. The molecule has 0 saturated carbocycles. The predicted molar refractivity (Wildman–Crippen MR) is 72.0 cm³/mol. The van der Waals surface area contributed by atoms with E-state index in [1.165, 1.54) is 0 Å². The third-order valence-corrected chi connectivity index (χ3v) is 3.85. The van der Waals surface area contributed by atoms with E-state index in [1.54, 1.807) is 4.68 Å². The highest BCUT2D eigenvalue weighted by atomic mass is 15.2. The molecule has 0 aliphatic carbocycles. The summed E-state index contributed by atoms with van der Waals surface area (Å²) in [4.78, 5) is 4.27. The van der Waals surface area contributed by atoms with E-state index in [9.17, 15) is 0 Å². The number of rotatable bonds is 4. The van der Waals surface area contributed by atoms with Crippen molar-refractivity contribution in [1.29, 1.82) is 0 Å². The lowest BCUT2D eigenvalue weighted by Gasteiger charge is -2.35. The summed E-state index contributed by atoms with van der Waals surface area (Å²) in [7, 11) is 1.91. The summed E-state index contributed by atoms with van der Waals surface area (Å²) >= 11 is 0. The number of nitrogens with zero attached hydrogens (tertiary/aromatic N) is 4. The Bertz CT molecular complexity index is 525. The Labute approximate surface area is 108 Å². The quantitative estimate of drug-likeness (QED) is 0.893. The smallest absolute Gasteiger partial charge is 0.0956 e. The van der Waals surface area contributed by atoms with Crippen LogP contribution in [0.4, 0.5) is 0 Å². The van der Waals surface area contributed by atoms with Crippen molar-refractivity contribution < 1.29 is 0 Å². The van der Waals surface area contributed by atoms with Gasteiger partial charge < -0.3 is 10.3 Å². The highest BCUT2D eigenvalue weighted by Crippen LogP contribution is 2.30. The molecule has 0 amide bonds. The molecule has 2 heterocycles. The van der Waals surface area contributed by atoms with Crippen molar-refractivity contribution in [2.45, 2.75) is 26.3 Å². The molecule has 0 bridgehead atoms. The lowest BCUT2D eigenvalue weighted by molar-refractivity contribution is 0.233. The Morgan fingerprint density at radius 2 is 2.11 bits per heavy atom. The van der Waals surface area contributed by atoms with E-state index in [-0.39, 0.29) is 5.54 Å². The maximum atomic E-state index is 5.98. The monoisotopic (exact) mass is 247 g/mol. The van der Waals surface area contributed by atoms with Crippen LogP contribution in [0.5, 0.6) is 0 Å². The Morgan fingerprint density at radius 3 is 2.61 bits per heavy atom. The van der Waals surface area contributed by atoms with E-state index >= 15 is 0 Å². The fourth-order valence-electron chi connectivity index (χ4n) is 2.08. The third kappa shape index (κ3) is 1.95. The summed E-state index contributed by atoms with van der Waals surface area (Å²) < 4.78 is 3.95. The molecule has 0 spiro atoms. The van der Waals surface area contributed by atoms with Crippen LogP contribution in [0, 0.1) is 5.92 Å². The zero-order valence-corrected chi connectivity index (χ0v) is 11.5. The van der Waals surface area contributed by atoms with Crippen LogP contribution in [0.1, 0.15) is 20.8 Å². The second-order valence-electron chi connectivity index (χ2n) is 5.27. The van der Waals surface area contributed by atoms with Crippen LogP contribution in [0.15, 0.2) is 24.9 Å². The molecule has 0 aliphatic rings. The van der Waals surface area contributed by atoms with Gasteiger partial charge in [-0.1, -0.05) is 13.8 Å². The van der Waals surface area contributed by atoms with Gasteiger partial charge in [-0.05, 0) is 12.8 Å². The van der Waals surface area contributed by atoms with Gasteiger partial charge in [-0.2, -0.15) is 5.10 Å². The molecule has 18 heavy (non-hydrogen) atoms. The first-order chi connectivity index (χ1) is 8.49. The van der Waals surface area contributed by atoms with Crippen LogP contribution in [-0.2, 0) is 12.6 Å². The molecule has 2 aromatic heterocycles. The van der Waals surface area contributed by atoms with Crippen LogP contribution in [0.2, 0.25) is 0 Å². The molecular weight excluding hydrogens is 226 g/mol. The van der Waals surface area contributed by atoms with Gasteiger partial charge in [0, 0.05) is 25.4 Å². The van der Waals surface area contributed by atoms with Gasteiger partial charge in [0.25, 0.3) is 0 Å². The molecule has 5 heteroatoms. The average Bonchev–Trinajstić information content (AvgIpc) is 2.95. The molecule has 0 aromatic carbocycles. The van der Waals surface area contributed by atoms with Gasteiger partial charge >= 0.3 is 0 Å². The van der Waals surface area contributed by atoms with Gasteiger partial charge in [0.15, 0.2) is 0 Å². The standard InChI is InChI=1S/C13H21N5/c1-10(2)13(3,8-14)18-9-15-6-12(18)11-5-16-17(4)7-11/h5-7,9-10H,8,14H2,1-4H3. The number of hydrogen-bond acceptors (Lipinski definition) is 3. The number of aryl methyl sites for hydroxylation is 1. The van der Waals surface area contributed by atoms with E-state index in [0.29, 0.717) is 12.5 Å². The second-order valence-corrected chi connectivity index (χ2v) is 5.27. The highest BCUT2D eigenvalue weighted by Gasteiger charge is 2.30. The molecule has 2 N–H and O–H groups in total. The summed E-state index contributed by atoms with van der Waals surface area (Å²) in [5.74, 6) is 0.423. The van der Waals surface area contributed by atoms with Crippen LogP contribution < -0.4 is 5.73 Å². The van der Waals surface area contributed by atoms with Crippen molar-refractivity contribution in [3.05, 3.63) is 24.9 Å². The minimum atomic E-state index is -0.137. The van der Waals surface area contributed by atoms with Gasteiger partial charge in [-0.3, -0.25) is 4.68 Å². The van der Waals surface area contributed by atoms with Crippen LogP contribution >= 0.6 is 0 Å². The van der Waals surface area contributed by atoms with E-state index in [2.05, 4.69) is 35.4 Å². The number of aromatic nitrogens is 4. The number of hydrogen-bond donors (Lipinski definition) is 1. The fraction of sp³-hybridized carbons (Fsp3) is 0.538. The minimum absolute atomic E-state index is 0.137. The van der Waals surface area contributed by atoms with Crippen molar-refractivity contribution in [2.24, 2.45) is 18.7 Å². The average molecular weight is 247 g/mol. The molecule has 2 aromatic rings. The van der Waals surface area contributed by atoms with E-state index in [1.807, 2.05) is 32.0 Å². The topological polar surface area (TPSA) is 61.7 Å². The van der Waals surface area contributed by atoms with Gasteiger partial charge in [0.1, 0.15) is 0 Å². The zero-order chi connectivity index (χ0) is 13.3. The zero-order valence-electron chi connectivity index (χ0n) is 11.5. The van der Waals surface area contributed by atoms with Crippen molar-refractivity contribution in [1.82, 2.24) is 19.3 Å². The Morgan fingerprint density at radius 1 is 1.39 bits per heavy atom. The molecule has 0 aliphatic heterocycles. The normalized spacial score (nSPS) is 15.0. The summed E-state index contributed by atoms with van der Waals surface area (Å²) in [5, 5.41) is 4.21. The van der Waals surface area contributed by atoms with Gasteiger partial charge in [0.2, 0.25) is 0 Å². The summed E-state index contributed by atoms with van der Waals surface area (Å²) in [6, 6.07) is 0. The third-order valence-electron chi connectivity index (χ3n) is 3.85. The number of nitrogens with two attached hydrogens (primary N) is 1. The summed E-state index contributed by atoms with van der Waals surface area (Å²) in [6.07, 6.45) is 7.57. The first-order valence-corrected chi connectivity index (χ1v) is 6.21. The van der Waals surface area contributed by atoms with Crippen molar-refractivity contribution in [2.75, 3.05) is 6.54 Å². The predicted octanol–water partition coefficient (Wildman–Crippen LogP) is 1.61. The molecule has 98 valence electrons. The first kappa shape index (κ1) is 12.8. The number of imidazole rings is 1. The van der Waals surface area contributed by atoms with Crippen LogP contribution in [0.3, 0.4) is 0 Å². The Kier molecular flexibility index (Phi) is 3.26. The van der Waals surface area contributed by atoms with Crippen LogP contribution in [0.25, 0.3) is 11.3 Å². The lowest BCUT2D eigenvalue weighted by atomic mass is 9.88. The van der Waals surface area contributed by atoms with Gasteiger partial charge in [-0.15, -0.1) is 0 Å².